The first kappa shape index (κ1) is 50.9. The van der Waals surface area contributed by atoms with Gasteiger partial charge in [0.25, 0.3) is 26.1 Å². The predicted octanol–water partition coefficient (Wildman–Crippen LogP) is 2.12. The maximum Gasteiger partial charge on any atom is 0.397 e. The molecule has 0 saturated heterocycles. The minimum atomic E-state index is -5.17. The Morgan fingerprint density at radius 1 is 0.745 bits per heavy atom. The molecule has 2 amide bonds. The molecule has 0 spiro atoms. The molecule has 20 nitrogen and oxygen atoms in total. The van der Waals surface area contributed by atoms with Crippen molar-refractivity contribution in [3.8, 4) is 11.5 Å². The van der Waals surface area contributed by atoms with E-state index in [1.807, 2.05) is 0 Å². The third-order valence-corrected chi connectivity index (χ3v) is 10.6. The molecule has 0 fully saturated rings. The van der Waals surface area contributed by atoms with Gasteiger partial charge in [0.05, 0.1) is 46.3 Å². The second-order valence-electron chi connectivity index (χ2n) is 10.4. The Hall–Kier alpha value is -2.08. The normalized spacial score (nSPS) is 11.9. The van der Waals surface area contributed by atoms with Gasteiger partial charge in [-0.25, -0.2) is 12.6 Å². The average molecular weight is 872 g/mol. The van der Waals surface area contributed by atoms with Crippen molar-refractivity contribution in [2.45, 2.75) is 21.6 Å². The fourth-order valence-corrected chi connectivity index (χ4v) is 7.23. The number of phenolic OH excluding ortho intramolecular Hbond substituents is 1. The summed E-state index contributed by atoms with van der Waals surface area (Å²) in [5.74, 6) is -3.26. The molecule has 0 aliphatic rings. The number of amides is 2. The van der Waals surface area contributed by atoms with Gasteiger partial charge in [-0.05, 0) is 66.0 Å². The number of azo groups is 1. The Kier molecular flexibility index (Phi) is 18.6. The van der Waals surface area contributed by atoms with E-state index in [0.29, 0.717) is 0 Å². The number of nitrogens with zero attached hydrogens (tertiary/aromatic N) is 2. The summed E-state index contributed by atoms with van der Waals surface area (Å²) in [6.45, 7) is 0.167. The first-order chi connectivity index (χ1) is 24.0. The Labute approximate surface area is 380 Å². The van der Waals surface area contributed by atoms with Crippen LogP contribution < -0.4 is 15.4 Å². The molecule has 27 heteroatoms. The van der Waals surface area contributed by atoms with Crippen LogP contribution in [0.5, 0.6) is 11.5 Å². The minimum Gasteiger partial charge on any atom is -0.505 e. The molecular formula is C28H26N4Na3O16S4. The van der Waals surface area contributed by atoms with Crippen LogP contribution in [0.1, 0.15) is 17.3 Å². The van der Waals surface area contributed by atoms with E-state index < -0.39 is 85.9 Å². The smallest absolute Gasteiger partial charge is 0.397 e. The fraction of sp³-hybridized carbons (Fsp3) is 0.143. The molecular weight excluding hydrogens is 846 g/mol. The van der Waals surface area contributed by atoms with Crippen molar-refractivity contribution in [1.82, 2.24) is 0 Å². The maximum absolute atomic E-state index is 13.0. The number of nitrogens with one attached hydrogen (secondary N) is 2. The van der Waals surface area contributed by atoms with Crippen LogP contribution in [-0.2, 0) is 49.5 Å². The summed E-state index contributed by atoms with van der Waals surface area (Å²) in [6, 6.07) is 10.7. The average Bonchev–Trinajstić information content (AvgIpc) is 3.02. The molecule has 0 atom stereocenters. The predicted molar refractivity (Wildman–Crippen MR) is 198 cm³/mol. The van der Waals surface area contributed by atoms with Gasteiger partial charge in [0.2, 0.25) is 5.91 Å². The Morgan fingerprint density at radius 2 is 1.35 bits per heavy atom. The van der Waals surface area contributed by atoms with Gasteiger partial charge in [-0.15, -0.1) is 5.11 Å². The first-order valence-corrected chi connectivity index (χ1v) is 19.8. The fourth-order valence-electron chi connectivity index (χ4n) is 4.52. The van der Waals surface area contributed by atoms with Gasteiger partial charge < -0.3 is 20.5 Å². The zero-order valence-corrected chi connectivity index (χ0v) is 38.7. The zero-order chi connectivity index (χ0) is 38.8. The topological polar surface area (TPSA) is 319 Å². The van der Waals surface area contributed by atoms with Gasteiger partial charge in [-0.3, -0.25) is 23.2 Å². The summed E-state index contributed by atoms with van der Waals surface area (Å²) in [6.07, 6.45) is 0. The molecule has 0 aromatic heterocycles. The summed E-state index contributed by atoms with van der Waals surface area (Å²) in [4.78, 5) is 22.7. The number of fused-ring (bicyclic) bond motifs is 1. The van der Waals surface area contributed by atoms with E-state index >= 15 is 0 Å². The molecule has 0 aliphatic heterocycles. The van der Waals surface area contributed by atoms with Crippen LogP contribution in [0.25, 0.3) is 10.8 Å². The number of phenols is 1. The van der Waals surface area contributed by atoms with Crippen molar-refractivity contribution in [1.29, 1.82) is 0 Å². The van der Waals surface area contributed by atoms with Gasteiger partial charge in [0.15, 0.2) is 15.6 Å². The van der Waals surface area contributed by atoms with E-state index in [-0.39, 0.29) is 133 Å². The van der Waals surface area contributed by atoms with Gasteiger partial charge in [0, 0.05) is 107 Å². The van der Waals surface area contributed by atoms with Crippen molar-refractivity contribution >= 4 is 174 Å². The molecule has 0 unspecified atom stereocenters. The summed E-state index contributed by atoms with van der Waals surface area (Å²) in [5.41, 5.74) is -1.33. The number of carbonyl (C=O) groups is 2. The number of aromatic hydroxyl groups is 1. The number of ether oxygens (including phenoxy) is 1. The minimum absolute atomic E-state index is 0. The molecule has 0 bridgehead atoms. The summed E-state index contributed by atoms with van der Waals surface area (Å²) < 4.78 is 132. The van der Waals surface area contributed by atoms with Gasteiger partial charge in [-0.2, -0.15) is 30.4 Å². The van der Waals surface area contributed by atoms with E-state index in [9.17, 15) is 57.5 Å². The second kappa shape index (κ2) is 20.1. The first-order valence-electron chi connectivity index (χ1n) is 13.9. The van der Waals surface area contributed by atoms with Crippen molar-refractivity contribution in [3.63, 3.8) is 0 Å². The zero-order valence-electron chi connectivity index (χ0n) is 29.4. The molecule has 55 heavy (non-hydrogen) atoms. The number of hydrogen-bond acceptors (Lipinski definition) is 15. The number of carbonyl (C=O) groups excluding carboxylic acids is 2. The van der Waals surface area contributed by atoms with Gasteiger partial charge in [-0.1, -0.05) is 0 Å². The third kappa shape index (κ3) is 13.5. The summed E-state index contributed by atoms with van der Waals surface area (Å²) in [7, 11) is -17.9. The summed E-state index contributed by atoms with van der Waals surface area (Å²) >= 11 is 0. The maximum atomic E-state index is 13.0. The Balaban J connectivity index is 0.00000504. The van der Waals surface area contributed by atoms with E-state index in [1.165, 1.54) is 37.4 Å². The van der Waals surface area contributed by atoms with Crippen LogP contribution in [0.3, 0.4) is 0 Å². The number of benzene rings is 4. The SMILES string of the molecule is COc1ccc(S(=O)(=O)CCOS(=O)(=O)O)cc1NC(=O)c1ccc(N=Nc2c(S(=O)(=O)O)cc3cc(S(=O)(=O)O)cc(NC(C)=O)c3c2O)cc1.[Na].[Na].[Na]. The van der Waals surface area contributed by atoms with Crippen molar-refractivity contribution in [2.75, 3.05) is 30.1 Å². The molecule has 0 aliphatic carbocycles. The monoisotopic (exact) mass is 871 g/mol. The van der Waals surface area contributed by atoms with E-state index in [0.717, 1.165) is 37.3 Å². The Morgan fingerprint density at radius 3 is 1.87 bits per heavy atom. The third-order valence-electron chi connectivity index (χ3n) is 6.77. The molecule has 6 N–H and O–H groups in total. The van der Waals surface area contributed by atoms with Gasteiger partial charge in [0.1, 0.15) is 16.3 Å². The molecule has 281 valence electrons. The second-order valence-corrected chi connectivity index (χ2v) is 16.4. The number of rotatable bonds is 13. The van der Waals surface area contributed by atoms with Crippen molar-refractivity contribution in [3.05, 3.63) is 66.2 Å². The van der Waals surface area contributed by atoms with E-state index in [2.05, 4.69) is 25.0 Å². The number of sulfone groups is 1. The molecule has 3 radical (unpaired) electrons. The molecule has 4 rings (SSSR count). The van der Waals surface area contributed by atoms with Gasteiger partial charge >= 0.3 is 10.4 Å². The molecule has 0 saturated carbocycles. The standard InChI is InChI=1S/C28H26N4O16S4.3Na/c1-15(33)29-22-14-20(50(38,39)40)11-17-12-24(51(41,42)43)26(27(34)25(17)22)32-31-18-5-3-16(4-6-18)28(35)30-21-13-19(7-8-23(21)47-2)49(36,37)10-9-48-52(44,45)46;;;/h3-8,11-14,34H,9-10H2,1-2H3,(H,29,33)(H,30,35)(H,38,39,40)(H,41,42,43)(H,44,45,46);;;. The van der Waals surface area contributed by atoms with E-state index in [4.69, 9.17) is 9.29 Å². The van der Waals surface area contributed by atoms with Crippen LogP contribution in [0, 0.1) is 0 Å². The number of hydrogen-bond donors (Lipinski definition) is 6. The molecule has 0 heterocycles. The quantitative estimate of drug-likeness (QED) is 0.0637. The van der Waals surface area contributed by atoms with E-state index in [1.54, 1.807) is 0 Å². The van der Waals surface area contributed by atoms with Crippen LogP contribution in [0.2, 0.25) is 0 Å². The Bertz CT molecular complexity index is 2590. The molecule has 4 aromatic carbocycles. The van der Waals surface area contributed by atoms with Crippen LogP contribution in [0.4, 0.5) is 22.7 Å². The van der Waals surface area contributed by atoms with Crippen molar-refractivity contribution < 1.29 is 70.9 Å². The molecule has 4 aromatic rings. The number of anilines is 2. The largest absolute Gasteiger partial charge is 0.505 e. The summed E-state index contributed by atoms with van der Waals surface area (Å²) in [5, 5.41) is 22.7. The van der Waals surface area contributed by atoms with Crippen LogP contribution in [-0.4, -0.2) is 172 Å². The number of methoxy groups -OCH3 is 1. The van der Waals surface area contributed by atoms with Crippen molar-refractivity contribution in [2.24, 2.45) is 10.2 Å². The van der Waals surface area contributed by atoms with Crippen LogP contribution >= 0.6 is 0 Å². The van der Waals surface area contributed by atoms with Crippen LogP contribution in [0.15, 0.2) is 85.6 Å².